The second-order valence-corrected chi connectivity index (χ2v) is 10.1. The van der Waals surface area contributed by atoms with Gasteiger partial charge >= 0.3 is 0 Å². The van der Waals surface area contributed by atoms with Crippen LogP contribution in [-0.2, 0) is 18.3 Å². The Morgan fingerprint density at radius 3 is 2.71 bits per heavy atom. The van der Waals surface area contributed by atoms with E-state index in [2.05, 4.69) is 32.4 Å². The van der Waals surface area contributed by atoms with Crippen LogP contribution in [0.25, 0.3) is 39.4 Å². The SMILES string of the molecule is COCCNCc1cc2ncn(-c3cc(-c4ccc(C#N)cc4-c4nc(C#N)cn4C)cc(C4CC4)n3)c(=O)c2[nH]1. The first-order valence-corrected chi connectivity index (χ1v) is 13.3. The van der Waals surface area contributed by atoms with Gasteiger partial charge in [-0.1, -0.05) is 6.07 Å². The highest BCUT2D eigenvalue weighted by Crippen LogP contribution is 2.42. The van der Waals surface area contributed by atoms with E-state index in [4.69, 9.17) is 9.72 Å². The molecule has 1 aliphatic rings. The second kappa shape index (κ2) is 10.8. The Kier molecular flexibility index (Phi) is 6.89. The molecule has 1 aliphatic carbocycles. The van der Waals surface area contributed by atoms with Crippen LogP contribution in [0, 0.1) is 22.7 Å². The van der Waals surface area contributed by atoms with Crippen LogP contribution >= 0.6 is 0 Å². The molecule has 0 unspecified atom stereocenters. The van der Waals surface area contributed by atoms with Crippen molar-refractivity contribution in [2.24, 2.45) is 7.05 Å². The lowest BCUT2D eigenvalue weighted by Crippen LogP contribution is -2.21. The molecule has 11 heteroatoms. The lowest BCUT2D eigenvalue weighted by atomic mass is 9.96. The van der Waals surface area contributed by atoms with Crippen molar-refractivity contribution in [3.05, 3.63) is 81.9 Å². The van der Waals surface area contributed by atoms with Gasteiger partial charge in [0.05, 0.1) is 23.8 Å². The molecule has 4 aromatic heterocycles. The molecule has 0 amide bonds. The summed E-state index contributed by atoms with van der Waals surface area (Å²) in [6.07, 6.45) is 5.23. The van der Waals surface area contributed by atoms with Crippen LogP contribution in [0.1, 0.15) is 41.4 Å². The van der Waals surface area contributed by atoms with Crippen molar-refractivity contribution in [1.29, 1.82) is 10.5 Å². The summed E-state index contributed by atoms with van der Waals surface area (Å²) in [6.45, 7) is 1.84. The highest BCUT2D eigenvalue weighted by Gasteiger charge is 2.27. The Hall–Kier alpha value is -5.10. The van der Waals surface area contributed by atoms with E-state index in [0.29, 0.717) is 59.4 Å². The first kappa shape index (κ1) is 26.1. The summed E-state index contributed by atoms with van der Waals surface area (Å²) in [5.74, 6) is 1.35. The molecule has 204 valence electrons. The van der Waals surface area contributed by atoms with Crippen molar-refractivity contribution in [3.8, 4) is 40.5 Å². The standard InChI is InChI=1S/C30H27N9O2/c1-38-16-22(14-32)36-29(38)24-9-18(13-31)3-6-23(24)20-10-25(19-4-5-19)37-27(11-20)39-17-34-26-12-21(15-33-7-8-41-2)35-28(26)30(39)40/h3,6,9-12,16-17,19,33,35H,4-5,7-8,15H2,1-2H3. The lowest BCUT2D eigenvalue weighted by Gasteiger charge is -2.14. The van der Waals surface area contributed by atoms with E-state index in [1.165, 1.54) is 10.9 Å². The average Bonchev–Trinajstić information content (AvgIpc) is 3.65. The summed E-state index contributed by atoms with van der Waals surface area (Å²) in [7, 11) is 3.47. The Balaban J connectivity index is 1.46. The number of nitrogens with zero attached hydrogens (tertiary/aromatic N) is 7. The molecule has 0 aliphatic heterocycles. The van der Waals surface area contributed by atoms with Gasteiger partial charge in [-0.25, -0.2) is 19.5 Å². The number of ether oxygens (including phenoxy) is 1. The van der Waals surface area contributed by atoms with Gasteiger partial charge < -0.3 is 19.6 Å². The molecule has 2 N–H and O–H groups in total. The molecule has 0 atom stereocenters. The van der Waals surface area contributed by atoms with E-state index < -0.39 is 0 Å². The summed E-state index contributed by atoms with van der Waals surface area (Å²) in [4.78, 5) is 30.8. The normalized spacial score (nSPS) is 12.9. The van der Waals surface area contributed by atoms with Gasteiger partial charge in [0, 0.05) is 56.3 Å². The molecule has 1 saturated carbocycles. The number of benzene rings is 1. The van der Waals surface area contributed by atoms with Crippen molar-refractivity contribution < 1.29 is 4.74 Å². The number of hydrogen-bond donors (Lipinski definition) is 2. The second-order valence-electron chi connectivity index (χ2n) is 10.1. The molecule has 1 aromatic carbocycles. The van der Waals surface area contributed by atoms with E-state index >= 15 is 0 Å². The predicted molar refractivity (Wildman–Crippen MR) is 152 cm³/mol. The van der Waals surface area contributed by atoms with E-state index in [1.54, 1.807) is 30.0 Å². The third kappa shape index (κ3) is 5.12. The first-order chi connectivity index (χ1) is 20.0. The van der Waals surface area contributed by atoms with Crippen LogP contribution in [0.2, 0.25) is 0 Å². The molecule has 5 aromatic rings. The summed E-state index contributed by atoms with van der Waals surface area (Å²) >= 11 is 0. The van der Waals surface area contributed by atoms with Gasteiger partial charge in [0.2, 0.25) is 0 Å². The topological polar surface area (TPSA) is 150 Å². The van der Waals surface area contributed by atoms with Crippen molar-refractivity contribution in [3.63, 3.8) is 0 Å². The van der Waals surface area contributed by atoms with Crippen LogP contribution in [0.5, 0.6) is 0 Å². The Bertz CT molecular complexity index is 1920. The number of pyridine rings is 1. The number of aromatic nitrogens is 6. The maximum absolute atomic E-state index is 13.6. The number of aryl methyl sites for hydroxylation is 1. The highest BCUT2D eigenvalue weighted by atomic mass is 16.5. The number of nitrogens with one attached hydrogen (secondary N) is 2. The fourth-order valence-electron chi connectivity index (χ4n) is 4.94. The number of aromatic amines is 1. The molecule has 0 spiro atoms. The number of rotatable bonds is 9. The van der Waals surface area contributed by atoms with Gasteiger partial charge in [-0.3, -0.25) is 4.79 Å². The molecule has 11 nitrogen and oxygen atoms in total. The van der Waals surface area contributed by atoms with Crippen molar-refractivity contribution in [2.45, 2.75) is 25.3 Å². The molecular weight excluding hydrogens is 518 g/mol. The van der Waals surface area contributed by atoms with Crippen molar-refractivity contribution in [1.82, 2.24) is 34.4 Å². The zero-order valence-electron chi connectivity index (χ0n) is 22.7. The van der Waals surface area contributed by atoms with Crippen molar-refractivity contribution in [2.75, 3.05) is 20.3 Å². The van der Waals surface area contributed by atoms with Crippen LogP contribution in [0.15, 0.2) is 53.7 Å². The maximum atomic E-state index is 13.6. The summed E-state index contributed by atoms with van der Waals surface area (Å²) < 4.78 is 8.32. The summed E-state index contributed by atoms with van der Waals surface area (Å²) in [5, 5.41) is 22.3. The van der Waals surface area contributed by atoms with Crippen LogP contribution in [0.3, 0.4) is 0 Å². The summed E-state index contributed by atoms with van der Waals surface area (Å²) in [6, 6.07) is 15.4. The third-order valence-electron chi connectivity index (χ3n) is 7.16. The van der Waals surface area contributed by atoms with E-state index in [1.807, 2.05) is 31.3 Å². The fourth-order valence-corrected chi connectivity index (χ4v) is 4.94. The molecular formula is C30H27N9O2. The van der Waals surface area contributed by atoms with E-state index in [-0.39, 0.29) is 11.3 Å². The predicted octanol–water partition coefficient (Wildman–Crippen LogP) is 3.53. The largest absolute Gasteiger partial charge is 0.383 e. The first-order valence-electron chi connectivity index (χ1n) is 13.3. The van der Waals surface area contributed by atoms with Crippen molar-refractivity contribution >= 4 is 11.0 Å². The number of fused-ring (bicyclic) bond motifs is 1. The smallest absolute Gasteiger partial charge is 0.283 e. The Morgan fingerprint density at radius 1 is 1.12 bits per heavy atom. The van der Waals surface area contributed by atoms with E-state index in [0.717, 1.165) is 35.4 Å². The zero-order valence-corrected chi connectivity index (χ0v) is 22.7. The number of methoxy groups -OCH3 is 1. The zero-order chi connectivity index (χ0) is 28.5. The van der Waals surface area contributed by atoms with Crippen LogP contribution < -0.4 is 10.9 Å². The van der Waals surface area contributed by atoms with E-state index in [9.17, 15) is 15.3 Å². The van der Waals surface area contributed by atoms with Crippen LogP contribution in [0.4, 0.5) is 0 Å². The molecule has 0 bridgehead atoms. The van der Waals surface area contributed by atoms with Gasteiger partial charge in [-0.15, -0.1) is 0 Å². The minimum atomic E-state index is -0.243. The minimum Gasteiger partial charge on any atom is -0.383 e. The number of hydrogen-bond acceptors (Lipinski definition) is 8. The lowest BCUT2D eigenvalue weighted by molar-refractivity contribution is 0.199. The average molecular weight is 546 g/mol. The number of imidazole rings is 1. The summed E-state index contributed by atoms with van der Waals surface area (Å²) in [5.41, 5.74) is 5.63. The molecule has 41 heavy (non-hydrogen) atoms. The minimum absolute atomic E-state index is 0.243. The molecule has 0 radical (unpaired) electrons. The third-order valence-corrected chi connectivity index (χ3v) is 7.16. The Labute approximate surface area is 235 Å². The quantitative estimate of drug-likeness (QED) is 0.267. The molecule has 0 saturated heterocycles. The van der Waals surface area contributed by atoms with Gasteiger partial charge in [-0.2, -0.15) is 10.5 Å². The highest BCUT2D eigenvalue weighted by molar-refractivity contribution is 5.83. The van der Waals surface area contributed by atoms with Gasteiger partial charge in [0.25, 0.3) is 5.56 Å². The monoisotopic (exact) mass is 545 g/mol. The van der Waals surface area contributed by atoms with Gasteiger partial charge in [0.15, 0.2) is 5.69 Å². The number of nitriles is 2. The fraction of sp³-hybridized carbons (Fsp3) is 0.267. The molecule has 1 fully saturated rings. The molecule has 6 rings (SSSR count). The van der Waals surface area contributed by atoms with Gasteiger partial charge in [0.1, 0.15) is 29.6 Å². The molecule has 4 heterocycles. The maximum Gasteiger partial charge on any atom is 0.283 e. The Morgan fingerprint density at radius 2 is 1.98 bits per heavy atom. The van der Waals surface area contributed by atoms with Crippen LogP contribution in [-0.4, -0.2) is 49.3 Å². The number of H-pyrrole nitrogens is 1. The van der Waals surface area contributed by atoms with Gasteiger partial charge in [-0.05, 0) is 54.3 Å².